The summed E-state index contributed by atoms with van der Waals surface area (Å²) < 4.78 is 11.2. The SMILES string of the molecule is COc1cccc(-c2noc(CNC(=O)c3cccc(Br)c3)n2)c1. The molecular formula is C17H14BrN3O3. The number of ether oxygens (including phenoxy) is 1. The number of methoxy groups -OCH3 is 1. The molecule has 0 fully saturated rings. The van der Waals surface area contributed by atoms with Crippen LogP contribution in [0.5, 0.6) is 5.75 Å². The van der Waals surface area contributed by atoms with Gasteiger partial charge in [0.05, 0.1) is 13.7 Å². The third kappa shape index (κ3) is 3.80. The zero-order chi connectivity index (χ0) is 16.9. The lowest BCUT2D eigenvalue weighted by atomic mass is 10.2. The van der Waals surface area contributed by atoms with Crippen molar-refractivity contribution in [3.63, 3.8) is 0 Å². The fourth-order valence-electron chi connectivity index (χ4n) is 2.09. The molecule has 3 aromatic rings. The van der Waals surface area contributed by atoms with Gasteiger partial charge in [0.15, 0.2) is 0 Å². The Bertz CT molecular complexity index is 864. The van der Waals surface area contributed by atoms with Crippen LogP contribution in [-0.4, -0.2) is 23.2 Å². The van der Waals surface area contributed by atoms with Crippen LogP contribution in [0, 0.1) is 0 Å². The Morgan fingerprint density at radius 3 is 2.88 bits per heavy atom. The summed E-state index contributed by atoms with van der Waals surface area (Å²) in [6.45, 7) is 0.155. The van der Waals surface area contributed by atoms with Crippen molar-refractivity contribution in [2.45, 2.75) is 6.54 Å². The van der Waals surface area contributed by atoms with E-state index in [2.05, 4.69) is 31.4 Å². The minimum absolute atomic E-state index is 0.155. The number of halogens is 1. The molecule has 0 spiro atoms. The first-order valence-electron chi connectivity index (χ1n) is 7.16. The number of carbonyl (C=O) groups is 1. The Balaban J connectivity index is 1.67. The molecule has 0 aliphatic rings. The number of aromatic nitrogens is 2. The number of rotatable bonds is 5. The van der Waals surface area contributed by atoms with E-state index < -0.39 is 0 Å². The first kappa shape index (κ1) is 16.2. The zero-order valence-electron chi connectivity index (χ0n) is 12.8. The van der Waals surface area contributed by atoms with Gasteiger partial charge < -0.3 is 14.6 Å². The summed E-state index contributed by atoms with van der Waals surface area (Å²) in [4.78, 5) is 16.4. The molecule has 24 heavy (non-hydrogen) atoms. The molecule has 122 valence electrons. The van der Waals surface area contributed by atoms with Gasteiger partial charge in [0.2, 0.25) is 11.7 Å². The summed E-state index contributed by atoms with van der Waals surface area (Å²) in [6.07, 6.45) is 0. The number of carbonyl (C=O) groups excluding carboxylic acids is 1. The van der Waals surface area contributed by atoms with Gasteiger partial charge in [-0.25, -0.2) is 0 Å². The van der Waals surface area contributed by atoms with Crippen molar-refractivity contribution in [1.29, 1.82) is 0 Å². The van der Waals surface area contributed by atoms with Crippen LogP contribution in [0.2, 0.25) is 0 Å². The van der Waals surface area contributed by atoms with Crippen LogP contribution in [0.3, 0.4) is 0 Å². The summed E-state index contributed by atoms with van der Waals surface area (Å²) in [5.74, 6) is 1.27. The normalized spacial score (nSPS) is 10.4. The minimum atomic E-state index is -0.211. The molecule has 1 N–H and O–H groups in total. The van der Waals surface area contributed by atoms with Crippen molar-refractivity contribution in [3.05, 3.63) is 64.5 Å². The van der Waals surface area contributed by atoms with E-state index in [1.54, 1.807) is 25.3 Å². The second-order valence-electron chi connectivity index (χ2n) is 4.94. The van der Waals surface area contributed by atoms with Crippen LogP contribution < -0.4 is 10.1 Å². The maximum atomic E-state index is 12.1. The van der Waals surface area contributed by atoms with Crippen LogP contribution in [-0.2, 0) is 6.54 Å². The smallest absolute Gasteiger partial charge is 0.251 e. The van der Waals surface area contributed by atoms with E-state index in [9.17, 15) is 4.79 Å². The van der Waals surface area contributed by atoms with Crippen molar-refractivity contribution in [2.75, 3.05) is 7.11 Å². The average Bonchev–Trinajstić information content (AvgIpc) is 3.09. The van der Waals surface area contributed by atoms with E-state index >= 15 is 0 Å². The first-order valence-corrected chi connectivity index (χ1v) is 7.96. The van der Waals surface area contributed by atoms with E-state index in [0.29, 0.717) is 23.0 Å². The molecule has 2 aromatic carbocycles. The van der Waals surface area contributed by atoms with E-state index in [4.69, 9.17) is 9.26 Å². The second kappa shape index (κ2) is 7.27. The summed E-state index contributed by atoms with van der Waals surface area (Å²) in [5, 5.41) is 6.68. The van der Waals surface area contributed by atoms with Gasteiger partial charge in [0.1, 0.15) is 5.75 Å². The molecule has 0 aliphatic carbocycles. The highest BCUT2D eigenvalue weighted by Gasteiger charge is 2.11. The standard InChI is InChI=1S/C17H14BrN3O3/c1-23-14-7-3-4-11(9-14)16-20-15(24-21-16)10-19-17(22)12-5-2-6-13(18)8-12/h2-9H,10H2,1H3,(H,19,22). The Hall–Kier alpha value is -2.67. The Morgan fingerprint density at radius 1 is 1.25 bits per heavy atom. The highest BCUT2D eigenvalue weighted by atomic mass is 79.9. The minimum Gasteiger partial charge on any atom is -0.497 e. The fraction of sp³-hybridized carbons (Fsp3) is 0.118. The Kier molecular flexibility index (Phi) is 4.90. The van der Waals surface area contributed by atoms with Gasteiger partial charge in [-0.1, -0.05) is 39.3 Å². The third-order valence-electron chi connectivity index (χ3n) is 3.28. The van der Waals surface area contributed by atoms with Gasteiger partial charge in [-0.2, -0.15) is 4.98 Å². The number of hydrogen-bond donors (Lipinski definition) is 1. The number of amides is 1. The van der Waals surface area contributed by atoms with Crippen LogP contribution in [0.4, 0.5) is 0 Å². The summed E-state index contributed by atoms with van der Waals surface area (Å²) in [7, 11) is 1.60. The van der Waals surface area contributed by atoms with Gasteiger partial charge in [0.25, 0.3) is 5.91 Å². The molecule has 0 bridgehead atoms. The third-order valence-corrected chi connectivity index (χ3v) is 3.78. The summed E-state index contributed by atoms with van der Waals surface area (Å²) >= 11 is 3.34. The quantitative estimate of drug-likeness (QED) is 0.725. The Labute approximate surface area is 147 Å². The zero-order valence-corrected chi connectivity index (χ0v) is 14.4. The average molecular weight is 388 g/mol. The maximum absolute atomic E-state index is 12.1. The molecule has 1 amide bonds. The van der Waals surface area contributed by atoms with Gasteiger partial charge in [-0.3, -0.25) is 4.79 Å². The molecule has 0 saturated heterocycles. The lowest BCUT2D eigenvalue weighted by Gasteiger charge is -2.02. The van der Waals surface area contributed by atoms with Crippen molar-refractivity contribution in [2.24, 2.45) is 0 Å². The number of hydrogen-bond acceptors (Lipinski definition) is 5. The van der Waals surface area contributed by atoms with Gasteiger partial charge in [-0.15, -0.1) is 0 Å². The number of benzene rings is 2. The maximum Gasteiger partial charge on any atom is 0.251 e. The molecule has 0 aliphatic heterocycles. The molecule has 1 heterocycles. The predicted molar refractivity (Wildman–Crippen MR) is 91.6 cm³/mol. The van der Waals surface area contributed by atoms with Crippen LogP contribution in [0.1, 0.15) is 16.2 Å². The molecule has 0 saturated carbocycles. The number of nitrogens with zero attached hydrogens (tertiary/aromatic N) is 2. The van der Waals surface area contributed by atoms with Crippen molar-refractivity contribution < 1.29 is 14.1 Å². The molecule has 0 radical (unpaired) electrons. The predicted octanol–water partition coefficient (Wildman–Crippen LogP) is 3.44. The lowest BCUT2D eigenvalue weighted by molar-refractivity contribution is 0.0946. The van der Waals surface area contributed by atoms with Gasteiger partial charge in [0, 0.05) is 15.6 Å². The fourth-order valence-corrected chi connectivity index (χ4v) is 2.49. The monoisotopic (exact) mass is 387 g/mol. The highest BCUT2D eigenvalue weighted by molar-refractivity contribution is 9.10. The van der Waals surface area contributed by atoms with Gasteiger partial charge >= 0.3 is 0 Å². The van der Waals surface area contributed by atoms with E-state index in [1.807, 2.05) is 30.3 Å². The molecule has 6 nitrogen and oxygen atoms in total. The largest absolute Gasteiger partial charge is 0.497 e. The summed E-state index contributed by atoms with van der Waals surface area (Å²) in [6, 6.07) is 14.5. The molecule has 1 aromatic heterocycles. The first-order chi connectivity index (χ1) is 11.7. The van der Waals surface area contributed by atoms with Gasteiger partial charge in [-0.05, 0) is 30.3 Å². The second-order valence-corrected chi connectivity index (χ2v) is 5.85. The van der Waals surface area contributed by atoms with Crippen LogP contribution in [0.15, 0.2) is 57.5 Å². The molecule has 3 rings (SSSR count). The molecule has 7 heteroatoms. The molecular weight excluding hydrogens is 374 g/mol. The summed E-state index contributed by atoms with van der Waals surface area (Å²) in [5.41, 5.74) is 1.33. The van der Waals surface area contributed by atoms with Crippen LogP contribution >= 0.6 is 15.9 Å². The van der Waals surface area contributed by atoms with E-state index in [-0.39, 0.29) is 12.5 Å². The van der Waals surface area contributed by atoms with Crippen LogP contribution in [0.25, 0.3) is 11.4 Å². The number of nitrogens with one attached hydrogen (secondary N) is 1. The Morgan fingerprint density at radius 2 is 2.08 bits per heavy atom. The van der Waals surface area contributed by atoms with Crippen molar-refractivity contribution in [1.82, 2.24) is 15.5 Å². The molecule has 0 atom stereocenters. The van der Waals surface area contributed by atoms with Crippen molar-refractivity contribution >= 4 is 21.8 Å². The lowest BCUT2D eigenvalue weighted by Crippen LogP contribution is -2.22. The van der Waals surface area contributed by atoms with E-state index in [0.717, 1.165) is 10.0 Å². The van der Waals surface area contributed by atoms with E-state index in [1.165, 1.54) is 0 Å². The molecule has 0 unspecified atom stereocenters. The topological polar surface area (TPSA) is 77.3 Å². The highest BCUT2D eigenvalue weighted by Crippen LogP contribution is 2.21. The van der Waals surface area contributed by atoms with Crippen molar-refractivity contribution in [3.8, 4) is 17.1 Å².